The Morgan fingerprint density at radius 1 is 1.44 bits per heavy atom. The van der Waals surface area contributed by atoms with E-state index in [4.69, 9.17) is 4.52 Å². The zero-order chi connectivity index (χ0) is 13.0. The number of hydrogen-bond donors (Lipinski definition) is 2. The predicted molar refractivity (Wildman–Crippen MR) is 65.3 cm³/mol. The van der Waals surface area contributed by atoms with Crippen LogP contribution in [0.25, 0.3) is 0 Å². The van der Waals surface area contributed by atoms with Crippen LogP contribution in [0.5, 0.6) is 0 Å². The van der Waals surface area contributed by atoms with Crippen molar-refractivity contribution in [1.29, 1.82) is 0 Å². The van der Waals surface area contributed by atoms with Crippen LogP contribution in [0.1, 0.15) is 31.0 Å². The summed E-state index contributed by atoms with van der Waals surface area (Å²) < 4.78 is 30.5. The van der Waals surface area contributed by atoms with Crippen LogP contribution < -0.4 is 10.0 Å². The largest absolute Gasteiger partial charge is 0.340 e. The smallest absolute Gasteiger partial charge is 0.223 e. The summed E-state index contributed by atoms with van der Waals surface area (Å²) >= 11 is 0. The van der Waals surface area contributed by atoms with E-state index in [1.807, 2.05) is 0 Å². The summed E-state index contributed by atoms with van der Waals surface area (Å²) in [7, 11) is -3.26. The molecule has 0 radical (unpaired) electrons. The molecule has 2 N–H and O–H groups in total. The highest BCUT2D eigenvalue weighted by Crippen LogP contribution is 2.18. The van der Waals surface area contributed by atoms with Gasteiger partial charge in [0.1, 0.15) is 0 Å². The Morgan fingerprint density at radius 3 is 2.83 bits per heavy atom. The molecule has 0 bridgehead atoms. The lowest BCUT2D eigenvalue weighted by molar-refractivity contribution is 0.387. The van der Waals surface area contributed by atoms with Gasteiger partial charge in [-0.1, -0.05) is 5.16 Å². The maximum Gasteiger partial charge on any atom is 0.223 e. The molecule has 0 spiro atoms. The van der Waals surface area contributed by atoms with Gasteiger partial charge in [0.05, 0.1) is 12.3 Å². The van der Waals surface area contributed by atoms with E-state index in [2.05, 4.69) is 20.2 Å². The van der Waals surface area contributed by atoms with Crippen molar-refractivity contribution in [3.8, 4) is 0 Å². The Labute approximate surface area is 106 Å². The molecular formula is C10H18N4O3S. The summed E-state index contributed by atoms with van der Waals surface area (Å²) in [6, 6.07) is 0.614. The molecule has 1 aliphatic rings. The van der Waals surface area contributed by atoms with Gasteiger partial charge in [-0.15, -0.1) is 0 Å². The van der Waals surface area contributed by atoms with Crippen LogP contribution in [0.3, 0.4) is 0 Å². The Bertz CT molecular complexity index is 481. The number of sulfonamides is 1. The van der Waals surface area contributed by atoms with Gasteiger partial charge < -0.3 is 9.84 Å². The summed E-state index contributed by atoms with van der Waals surface area (Å²) in [5, 5.41) is 6.90. The van der Waals surface area contributed by atoms with E-state index in [0.29, 0.717) is 24.2 Å². The molecule has 8 heteroatoms. The van der Waals surface area contributed by atoms with Crippen molar-refractivity contribution in [2.45, 2.75) is 38.8 Å². The molecule has 0 unspecified atom stereocenters. The average molecular weight is 274 g/mol. The van der Waals surface area contributed by atoms with E-state index in [1.54, 1.807) is 6.92 Å². The number of nitrogens with zero attached hydrogens (tertiary/aromatic N) is 2. The molecule has 1 saturated carbocycles. The number of nitrogens with one attached hydrogen (secondary N) is 2. The third kappa shape index (κ3) is 4.71. The number of rotatable bonds is 8. The van der Waals surface area contributed by atoms with Crippen LogP contribution in [-0.2, 0) is 16.6 Å². The topological polar surface area (TPSA) is 97.1 Å². The summed E-state index contributed by atoms with van der Waals surface area (Å²) in [6.45, 7) is 2.48. The minimum Gasteiger partial charge on any atom is -0.340 e. The summed E-state index contributed by atoms with van der Waals surface area (Å²) in [6.07, 6.45) is 3.03. The van der Waals surface area contributed by atoms with Crippen molar-refractivity contribution >= 4 is 10.0 Å². The minimum atomic E-state index is -3.26. The first kappa shape index (κ1) is 13.4. The Balaban J connectivity index is 1.66. The van der Waals surface area contributed by atoms with Gasteiger partial charge in [0, 0.05) is 13.0 Å². The van der Waals surface area contributed by atoms with Gasteiger partial charge in [0.25, 0.3) is 0 Å². The Morgan fingerprint density at radius 2 is 2.22 bits per heavy atom. The van der Waals surface area contributed by atoms with Crippen LogP contribution >= 0.6 is 0 Å². The molecule has 1 aromatic rings. The second-order valence-corrected chi connectivity index (χ2v) is 6.38. The number of aryl methyl sites for hydroxylation is 1. The monoisotopic (exact) mass is 274 g/mol. The molecule has 2 rings (SSSR count). The van der Waals surface area contributed by atoms with E-state index >= 15 is 0 Å². The lowest BCUT2D eigenvalue weighted by atomic mass is 10.5. The van der Waals surface area contributed by atoms with Gasteiger partial charge in [0.15, 0.2) is 5.82 Å². The first-order valence-corrected chi connectivity index (χ1v) is 7.70. The van der Waals surface area contributed by atoms with Gasteiger partial charge in [0.2, 0.25) is 15.9 Å². The third-order valence-electron chi connectivity index (χ3n) is 2.62. The fourth-order valence-electron chi connectivity index (χ4n) is 1.52. The first-order chi connectivity index (χ1) is 8.55. The quantitative estimate of drug-likeness (QED) is 0.645. The molecule has 0 saturated heterocycles. The summed E-state index contributed by atoms with van der Waals surface area (Å²) in [4.78, 5) is 3.92. The Hall–Kier alpha value is -0.990. The zero-order valence-corrected chi connectivity index (χ0v) is 11.2. The van der Waals surface area contributed by atoms with Crippen LogP contribution in [0.2, 0.25) is 0 Å². The number of hydrogen-bond acceptors (Lipinski definition) is 6. The predicted octanol–water partition coefficient (Wildman–Crippen LogP) is -0.0605. The molecule has 1 aromatic heterocycles. The molecule has 0 atom stereocenters. The van der Waals surface area contributed by atoms with E-state index in [9.17, 15) is 8.42 Å². The van der Waals surface area contributed by atoms with Crippen LogP contribution in [-0.4, -0.2) is 36.9 Å². The summed E-state index contributed by atoms with van der Waals surface area (Å²) in [5.41, 5.74) is 0. The molecule has 0 aromatic carbocycles. The van der Waals surface area contributed by atoms with Crippen LogP contribution in [0.4, 0.5) is 0 Å². The number of aromatic nitrogens is 2. The van der Waals surface area contributed by atoms with Gasteiger partial charge in [-0.3, -0.25) is 0 Å². The molecular weight excluding hydrogens is 256 g/mol. The van der Waals surface area contributed by atoms with Crippen LogP contribution in [0.15, 0.2) is 4.52 Å². The fourth-order valence-corrected chi connectivity index (χ4v) is 2.53. The molecule has 18 heavy (non-hydrogen) atoms. The SMILES string of the molecule is Cc1nc(CNS(=O)(=O)CCCNC2CC2)no1. The molecule has 1 fully saturated rings. The molecule has 1 aliphatic carbocycles. The highest BCUT2D eigenvalue weighted by molar-refractivity contribution is 7.89. The zero-order valence-electron chi connectivity index (χ0n) is 10.3. The minimum absolute atomic E-state index is 0.0791. The Kier molecular flexibility index (Phi) is 4.31. The molecule has 102 valence electrons. The van der Waals surface area contributed by atoms with Gasteiger partial charge in [-0.2, -0.15) is 4.98 Å². The second-order valence-electron chi connectivity index (χ2n) is 4.45. The van der Waals surface area contributed by atoms with Crippen molar-refractivity contribution < 1.29 is 12.9 Å². The maximum absolute atomic E-state index is 11.6. The van der Waals surface area contributed by atoms with Crippen molar-refractivity contribution in [2.24, 2.45) is 0 Å². The lowest BCUT2D eigenvalue weighted by Crippen LogP contribution is -2.28. The van der Waals surface area contributed by atoms with Crippen molar-refractivity contribution in [1.82, 2.24) is 20.2 Å². The van der Waals surface area contributed by atoms with Gasteiger partial charge >= 0.3 is 0 Å². The first-order valence-electron chi connectivity index (χ1n) is 6.05. The fraction of sp³-hybridized carbons (Fsp3) is 0.800. The highest BCUT2D eigenvalue weighted by atomic mass is 32.2. The molecule has 1 heterocycles. The molecule has 0 aliphatic heterocycles. The summed E-state index contributed by atoms with van der Waals surface area (Å²) in [5.74, 6) is 0.897. The second kappa shape index (κ2) is 5.77. The lowest BCUT2D eigenvalue weighted by Gasteiger charge is -2.05. The van der Waals surface area contributed by atoms with E-state index in [1.165, 1.54) is 12.8 Å². The maximum atomic E-state index is 11.6. The van der Waals surface area contributed by atoms with E-state index in [-0.39, 0.29) is 12.3 Å². The van der Waals surface area contributed by atoms with E-state index < -0.39 is 10.0 Å². The third-order valence-corrected chi connectivity index (χ3v) is 4.03. The van der Waals surface area contributed by atoms with Gasteiger partial charge in [-0.05, 0) is 25.8 Å². The standard InChI is InChI=1S/C10H18N4O3S/c1-8-13-10(14-17-8)7-12-18(15,16)6-2-5-11-9-3-4-9/h9,11-12H,2-7H2,1H3. The van der Waals surface area contributed by atoms with E-state index in [0.717, 1.165) is 6.54 Å². The van der Waals surface area contributed by atoms with Crippen LogP contribution in [0, 0.1) is 6.92 Å². The molecule has 7 nitrogen and oxygen atoms in total. The molecule has 0 amide bonds. The van der Waals surface area contributed by atoms with Crippen molar-refractivity contribution in [3.63, 3.8) is 0 Å². The normalized spacial score (nSPS) is 16.1. The van der Waals surface area contributed by atoms with Crippen molar-refractivity contribution in [3.05, 3.63) is 11.7 Å². The van der Waals surface area contributed by atoms with Crippen molar-refractivity contribution in [2.75, 3.05) is 12.3 Å². The average Bonchev–Trinajstić information content (AvgIpc) is 3.04. The highest BCUT2D eigenvalue weighted by Gasteiger charge is 2.20. The van der Waals surface area contributed by atoms with Gasteiger partial charge in [-0.25, -0.2) is 13.1 Å².